The van der Waals surface area contributed by atoms with Gasteiger partial charge < -0.3 is 10.5 Å². The SMILES string of the molecule is CN(CC1CCCO1)C1(CN)CCC1. The highest BCUT2D eigenvalue weighted by molar-refractivity contribution is 4.98. The number of ether oxygens (including phenoxy) is 1. The van der Waals surface area contributed by atoms with Crippen LogP contribution in [0.15, 0.2) is 0 Å². The molecule has 1 saturated carbocycles. The summed E-state index contributed by atoms with van der Waals surface area (Å²) in [5, 5.41) is 0. The highest BCUT2D eigenvalue weighted by Crippen LogP contribution is 2.36. The topological polar surface area (TPSA) is 38.5 Å². The largest absolute Gasteiger partial charge is 0.377 e. The summed E-state index contributed by atoms with van der Waals surface area (Å²) in [6, 6.07) is 0. The van der Waals surface area contributed by atoms with Crippen LogP contribution in [0.5, 0.6) is 0 Å². The number of nitrogens with two attached hydrogens (primary N) is 1. The van der Waals surface area contributed by atoms with Crippen molar-refractivity contribution in [2.75, 3.05) is 26.7 Å². The molecule has 0 spiro atoms. The molecule has 0 aromatic carbocycles. The normalized spacial score (nSPS) is 30.6. The molecule has 1 saturated heterocycles. The molecule has 2 N–H and O–H groups in total. The lowest BCUT2D eigenvalue weighted by molar-refractivity contribution is -0.0000823. The van der Waals surface area contributed by atoms with Gasteiger partial charge in [0, 0.05) is 25.2 Å². The molecule has 1 aliphatic carbocycles. The van der Waals surface area contributed by atoms with Crippen molar-refractivity contribution < 1.29 is 4.74 Å². The van der Waals surface area contributed by atoms with Crippen molar-refractivity contribution in [2.24, 2.45) is 5.73 Å². The maximum atomic E-state index is 5.86. The van der Waals surface area contributed by atoms with Gasteiger partial charge in [-0.1, -0.05) is 0 Å². The summed E-state index contributed by atoms with van der Waals surface area (Å²) < 4.78 is 5.65. The molecule has 3 heteroatoms. The van der Waals surface area contributed by atoms with Crippen LogP contribution in [0.3, 0.4) is 0 Å². The first kappa shape index (κ1) is 10.4. The Bertz CT molecular complexity index is 180. The minimum Gasteiger partial charge on any atom is -0.377 e. The second-order valence-electron chi connectivity index (χ2n) is 4.80. The van der Waals surface area contributed by atoms with Gasteiger partial charge in [-0.05, 0) is 39.2 Å². The lowest BCUT2D eigenvalue weighted by atomic mass is 9.75. The van der Waals surface area contributed by atoms with E-state index < -0.39 is 0 Å². The third-order valence-corrected chi connectivity index (χ3v) is 3.98. The van der Waals surface area contributed by atoms with Crippen LogP contribution in [0, 0.1) is 0 Å². The van der Waals surface area contributed by atoms with Gasteiger partial charge in [-0.2, -0.15) is 0 Å². The zero-order chi connectivity index (χ0) is 10.0. The maximum absolute atomic E-state index is 5.86. The van der Waals surface area contributed by atoms with Crippen LogP contribution in [0.4, 0.5) is 0 Å². The van der Waals surface area contributed by atoms with Gasteiger partial charge in [-0.3, -0.25) is 4.90 Å². The Hall–Kier alpha value is -0.120. The average molecular weight is 198 g/mol. The summed E-state index contributed by atoms with van der Waals surface area (Å²) in [4.78, 5) is 2.44. The van der Waals surface area contributed by atoms with Gasteiger partial charge in [-0.25, -0.2) is 0 Å². The van der Waals surface area contributed by atoms with E-state index in [-0.39, 0.29) is 0 Å². The molecule has 1 aliphatic heterocycles. The molecule has 0 radical (unpaired) electrons. The second kappa shape index (κ2) is 4.17. The molecule has 2 fully saturated rings. The first-order valence-electron chi connectivity index (χ1n) is 5.80. The van der Waals surface area contributed by atoms with Crippen molar-refractivity contribution in [3.05, 3.63) is 0 Å². The van der Waals surface area contributed by atoms with Crippen LogP contribution in [0.25, 0.3) is 0 Å². The van der Waals surface area contributed by atoms with E-state index in [9.17, 15) is 0 Å². The molecular weight excluding hydrogens is 176 g/mol. The minimum absolute atomic E-state index is 0.311. The maximum Gasteiger partial charge on any atom is 0.0702 e. The van der Waals surface area contributed by atoms with Crippen molar-refractivity contribution in [1.82, 2.24) is 4.90 Å². The Labute approximate surface area is 86.6 Å². The standard InChI is InChI=1S/C11H22N2O/c1-13(8-10-4-2-7-14-10)11(9-12)5-3-6-11/h10H,2-9,12H2,1H3. The smallest absolute Gasteiger partial charge is 0.0702 e. The van der Waals surface area contributed by atoms with Gasteiger partial charge in [0.25, 0.3) is 0 Å². The van der Waals surface area contributed by atoms with Gasteiger partial charge in [0.05, 0.1) is 6.10 Å². The van der Waals surface area contributed by atoms with E-state index in [4.69, 9.17) is 10.5 Å². The molecule has 3 nitrogen and oxygen atoms in total. The van der Waals surface area contributed by atoms with Gasteiger partial charge in [0.2, 0.25) is 0 Å². The van der Waals surface area contributed by atoms with Crippen molar-refractivity contribution in [3.8, 4) is 0 Å². The summed E-state index contributed by atoms with van der Waals surface area (Å²) >= 11 is 0. The summed E-state index contributed by atoms with van der Waals surface area (Å²) in [6.45, 7) is 2.82. The fraction of sp³-hybridized carbons (Fsp3) is 1.00. The van der Waals surface area contributed by atoms with E-state index in [1.807, 2.05) is 0 Å². The van der Waals surface area contributed by atoms with E-state index in [1.165, 1.54) is 32.1 Å². The zero-order valence-electron chi connectivity index (χ0n) is 9.17. The lowest BCUT2D eigenvalue weighted by Gasteiger charge is -2.48. The van der Waals surface area contributed by atoms with Crippen molar-refractivity contribution in [2.45, 2.75) is 43.7 Å². The monoisotopic (exact) mass is 198 g/mol. The first-order chi connectivity index (χ1) is 6.77. The molecule has 0 bridgehead atoms. The van der Waals surface area contributed by atoms with E-state index in [0.29, 0.717) is 11.6 Å². The molecule has 1 unspecified atom stereocenters. The second-order valence-corrected chi connectivity index (χ2v) is 4.80. The minimum atomic E-state index is 0.311. The predicted molar refractivity (Wildman–Crippen MR) is 57.2 cm³/mol. The number of nitrogens with zero attached hydrogens (tertiary/aromatic N) is 1. The summed E-state index contributed by atoms with van der Waals surface area (Å²) in [5.41, 5.74) is 6.17. The molecule has 14 heavy (non-hydrogen) atoms. The molecule has 1 atom stereocenters. The van der Waals surface area contributed by atoms with Crippen LogP contribution in [0.1, 0.15) is 32.1 Å². The highest BCUT2D eigenvalue weighted by atomic mass is 16.5. The van der Waals surface area contributed by atoms with E-state index in [1.54, 1.807) is 0 Å². The quantitative estimate of drug-likeness (QED) is 0.732. The summed E-state index contributed by atoms with van der Waals surface area (Å²) in [5.74, 6) is 0. The van der Waals surface area contributed by atoms with E-state index >= 15 is 0 Å². The fourth-order valence-corrected chi connectivity index (χ4v) is 2.61. The number of hydrogen-bond acceptors (Lipinski definition) is 3. The molecular formula is C11H22N2O. The van der Waals surface area contributed by atoms with Gasteiger partial charge in [0.15, 0.2) is 0 Å². The Balaban J connectivity index is 1.84. The Morgan fingerprint density at radius 3 is 2.64 bits per heavy atom. The van der Waals surface area contributed by atoms with Crippen molar-refractivity contribution >= 4 is 0 Å². The lowest BCUT2D eigenvalue weighted by Crippen LogP contribution is -2.58. The number of likely N-dealkylation sites (N-methyl/N-ethyl adjacent to an activating group) is 1. The fourth-order valence-electron chi connectivity index (χ4n) is 2.61. The van der Waals surface area contributed by atoms with E-state index in [2.05, 4.69) is 11.9 Å². The third-order valence-electron chi connectivity index (χ3n) is 3.98. The molecule has 0 aromatic rings. The molecule has 2 aliphatic rings. The predicted octanol–water partition coefficient (Wildman–Crippen LogP) is 0.979. The first-order valence-corrected chi connectivity index (χ1v) is 5.80. The van der Waals surface area contributed by atoms with Crippen LogP contribution < -0.4 is 5.73 Å². The van der Waals surface area contributed by atoms with Gasteiger partial charge in [-0.15, -0.1) is 0 Å². The Morgan fingerprint density at radius 2 is 2.21 bits per heavy atom. The summed E-state index contributed by atoms with van der Waals surface area (Å²) in [7, 11) is 2.20. The van der Waals surface area contributed by atoms with Gasteiger partial charge >= 0.3 is 0 Å². The highest BCUT2D eigenvalue weighted by Gasteiger charge is 2.40. The molecule has 0 aromatic heterocycles. The van der Waals surface area contributed by atoms with Crippen molar-refractivity contribution in [1.29, 1.82) is 0 Å². The van der Waals surface area contributed by atoms with E-state index in [0.717, 1.165) is 19.7 Å². The van der Waals surface area contributed by atoms with Crippen LogP contribution in [-0.2, 0) is 4.74 Å². The number of rotatable bonds is 4. The molecule has 0 amide bonds. The molecule has 1 heterocycles. The van der Waals surface area contributed by atoms with Crippen LogP contribution >= 0.6 is 0 Å². The summed E-state index contributed by atoms with van der Waals surface area (Å²) in [6.07, 6.45) is 6.80. The third kappa shape index (κ3) is 1.81. The van der Waals surface area contributed by atoms with Crippen molar-refractivity contribution in [3.63, 3.8) is 0 Å². The zero-order valence-corrected chi connectivity index (χ0v) is 9.17. The molecule has 2 rings (SSSR count). The average Bonchev–Trinajstić information content (AvgIpc) is 2.55. The molecule has 82 valence electrons. The Morgan fingerprint density at radius 1 is 1.43 bits per heavy atom. The van der Waals surface area contributed by atoms with Crippen LogP contribution in [0.2, 0.25) is 0 Å². The van der Waals surface area contributed by atoms with Gasteiger partial charge in [0.1, 0.15) is 0 Å². The number of hydrogen-bond donors (Lipinski definition) is 1. The Kier molecular flexibility index (Phi) is 3.10. The van der Waals surface area contributed by atoms with Crippen LogP contribution in [-0.4, -0.2) is 43.3 Å².